The molecule has 0 aliphatic heterocycles. The van der Waals surface area contributed by atoms with Crippen molar-refractivity contribution in [2.24, 2.45) is 14.1 Å². The number of hydrogen-bond acceptors (Lipinski definition) is 0. The summed E-state index contributed by atoms with van der Waals surface area (Å²) in [6.45, 7) is 1.74. The second-order valence-electron chi connectivity index (χ2n) is 7.16. The van der Waals surface area contributed by atoms with Crippen LogP contribution in [0.5, 0.6) is 0 Å². The van der Waals surface area contributed by atoms with Crippen molar-refractivity contribution in [3.63, 3.8) is 0 Å². The zero-order chi connectivity index (χ0) is 19.3. The van der Waals surface area contributed by atoms with E-state index in [1.165, 1.54) is 22.5 Å². The highest BCUT2D eigenvalue weighted by Gasteiger charge is 2.21. The molecule has 0 fully saturated rings. The van der Waals surface area contributed by atoms with Gasteiger partial charge < -0.3 is 0 Å². The lowest BCUT2D eigenvalue weighted by Gasteiger charge is -2.03. The Labute approximate surface area is 166 Å². The average molecular weight is 371 g/mol. The molecule has 0 amide bonds. The Morgan fingerprint density at radius 3 is 1.29 bits per heavy atom. The van der Waals surface area contributed by atoms with E-state index in [0.717, 1.165) is 13.1 Å². The van der Waals surface area contributed by atoms with Gasteiger partial charge in [0, 0.05) is 36.4 Å². The number of pyridine rings is 4. The van der Waals surface area contributed by atoms with Gasteiger partial charge in [-0.05, 0) is 12.1 Å². The summed E-state index contributed by atoms with van der Waals surface area (Å²) in [7, 11) is 4.23. The molecule has 0 saturated heterocycles. The molecule has 0 aliphatic rings. The molecule has 0 aromatic carbocycles. The number of aromatic nitrogens is 4. The second kappa shape index (κ2) is 8.09. The smallest absolute Gasteiger partial charge is 0.201 e. The van der Waals surface area contributed by atoms with Crippen LogP contribution in [0.2, 0.25) is 0 Å². The Morgan fingerprint density at radius 2 is 0.929 bits per heavy atom. The molecular weight excluding hydrogens is 344 g/mol. The zero-order valence-electron chi connectivity index (χ0n) is 16.4. The summed E-state index contributed by atoms with van der Waals surface area (Å²) in [5.74, 6) is 0. The molecule has 28 heavy (non-hydrogen) atoms. The largest absolute Gasteiger partial charge is 0.277 e. The molecule has 0 spiro atoms. The molecule has 0 atom stereocenters. The van der Waals surface area contributed by atoms with Crippen LogP contribution >= 0.6 is 0 Å². The van der Waals surface area contributed by atoms with Crippen LogP contribution in [-0.2, 0) is 27.2 Å². The minimum Gasteiger partial charge on any atom is -0.201 e. The lowest BCUT2D eigenvalue weighted by molar-refractivity contribution is -0.702. The zero-order valence-corrected chi connectivity index (χ0v) is 16.4. The van der Waals surface area contributed by atoms with Gasteiger partial charge in [0.05, 0.1) is 11.1 Å². The second-order valence-corrected chi connectivity index (χ2v) is 7.16. The normalized spacial score (nSPS) is 10.8. The van der Waals surface area contributed by atoms with Crippen LogP contribution in [0.1, 0.15) is 11.1 Å². The first-order valence-electron chi connectivity index (χ1n) is 9.55. The summed E-state index contributed by atoms with van der Waals surface area (Å²) < 4.78 is 8.79. The standard InChI is InChI=1S/C24H26N4/c1-25-17-21(19-27-13-5-3-6-14-27)9-11-23(25)24-12-10-22(18-26(24)2)20-28-15-7-4-8-16-28/h3-18H,19-20H2,1-2H3/q+4. The van der Waals surface area contributed by atoms with Crippen molar-refractivity contribution < 1.29 is 18.3 Å². The molecule has 4 nitrogen and oxygen atoms in total. The molecule has 0 aliphatic carbocycles. The third-order valence-corrected chi connectivity index (χ3v) is 4.94. The fourth-order valence-corrected chi connectivity index (χ4v) is 3.55. The van der Waals surface area contributed by atoms with Crippen LogP contribution in [0, 0.1) is 0 Å². The van der Waals surface area contributed by atoms with Crippen molar-refractivity contribution >= 4 is 0 Å². The summed E-state index contributed by atoms with van der Waals surface area (Å²) in [4.78, 5) is 0. The summed E-state index contributed by atoms with van der Waals surface area (Å²) in [5, 5.41) is 0. The molecule has 4 rings (SSSR count). The van der Waals surface area contributed by atoms with Gasteiger partial charge in [-0.2, -0.15) is 9.13 Å². The summed E-state index contributed by atoms with van der Waals surface area (Å²) in [5.41, 5.74) is 4.95. The lowest BCUT2D eigenvalue weighted by atomic mass is 10.1. The Morgan fingerprint density at radius 1 is 0.536 bits per heavy atom. The Hall–Kier alpha value is -3.40. The first-order chi connectivity index (χ1) is 13.7. The number of aryl methyl sites for hydroxylation is 2. The average Bonchev–Trinajstić information content (AvgIpc) is 2.71. The van der Waals surface area contributed by atoms with Crippen LogP contribution < -0.4 is 18.3 Å². The molecule has 4 aromatic heterocycles. The van der Waals surface area contributed by atoms with Gasteiger partial charge in [0.15, 0.2) is 50.3 Å². The predicted octanol–water partition coefficient (Wildman–Crippen LogP) is 1.67. The molecular formula is C24H26N4+4. The molecule has 4 heteroatoms. The topological polar surface area (TPSA) is 15.5 Å². The molecule has 4 aromatic rings. The van der Waals surface area contributed by atoms with Crippen molar-refractivity contribution in [2.45, 2.75) is 13.1 Å². The van der Waals surface area contributed by atoms with Crippen LogP contribution in [0.3, 0.4) is 0 Å². The summed E-state index contributed by atoms with van der Waals surface area (Å²) in [6.07, 6.45) is 12.8. The van der Waals surface area contributed by atoms with Gasteiger partial charge in [-0.3, -0.25) is 0 Å². The van der Waals surface area contributed by atoms with Crippen LogP contribution in [0.25, 0.3) is 11.4 Å². The quantitative estimate of drug-likeness (QED) is 0.475. The first kappa shape index (κ1) is 18.0. The number of nitrogens with zero attached hydrogens (tertiary/aromatic N) is 4. The number of rotatable bonds is 5. The predicted molar refractivity (Wildman–Crippen MR) is 106 cm³/mol. The van der Waals surface area contributed by atoms with E-state index in [0.29, 0.717) is 0 Å². The molecule has 138 valence electrons. The van der Waals surface area contributed by atoms with Gasteiger partial charge in [-0.1, -0.05) is 12.1 Å². The van der Waals surface area contributed by atoms with Crippen molar-refractivity contribution in [1.82, 2.24) is 0 Å². The van der Waals surface area contributed by atoms with E-state index >= 15 is 0 Å². The summed E-state index contributed by atoms with van der Waals surface area (Å²) >= 11 is 0. The minimum atomic E-state index is 0.869. The van der Waals surface area contributed by atoms with E-state index in [9.17, 15) is 0 Å². The molecule has 0 saturated carbocycles. The van der Waals surface area contributed by atoms with Gasteiger partial charge >= 0.3 is 0 Å². The van der Waals surface area contributed by atoms with Crippen LogP contribution in [0.15, 0.2) is 97.8 Å². The Balaban J connectivity index is 1.56. The van der Waals surface area contributed by atoms with Crippen molar-refractivity contribution in [3.05, 3.63) is 109 Å². The maximum Gasteiger partial charge on any atom is 0.277 e. The highest BCUT2D eigenvalue weighted by atomic mass is 15.0. The molecule has 0 N–H and O–H groups in total. The Bertz CT molecular complexity index is 987. The third-order valence-electron chi connectivity index (χ3n) is 4.94. The van der Waals surface area contributed by atoms with Crippen LogP contribution in [-0.4, -0.2) is 0 Å². The molecule has 0 radical (unpaired) electrons. The molecule has 0 bridgehead atoms. The van der Waals surface area contributed by atoms with Crippen molar-refractivity contribution in [2.75, 3.05) is 0 Å². The van der Waals surface area contributed by atoms with Gasteiger partial charge in [0.2, 0.25) is 0 Å². The van der Waals surface area contributed by atoms with Gasteiger partial charge in [0.1, 0.15) is 14.1 Å². The monoisotopic (exact) mass is 370 g/mol. The summed E-state index contributed by atoms with van der Waals surface area (Å²) in [6, 6.07) is 21.2. The highest BCUT2D eigenvalue weighted by Crippen LogP contribution is 2.12. The molecule has 4 heterocycles. The maximum absolute atomic E-state index is 2.21. The fourth-order valence-electron chi connectivity index (χ4n) is 3.55. The lowest BCUT2D eigenvalue weighted by Crippen LogP contribution is -2.41. The van der Waals surface area contributed by atoms with E-state index < -0.39 is 0 Å². The first-order valence-corrected chi connectivity index (χ1v) is 9.55. The van der Waals surface area contributed by atoms with Gasteiger partial charge in [0.25, 0.3) is 11.4 Å². The van der Waals surface area contributed by atoms with Gasteiger partial charge in [-0.15, -0.1) is 0 Å². The van der Waals surface area contributed by atoms with E-state index in [1.54, 1.807) is 0 Å². The van der Waals surface area contributed by atoms with E-state index in [-0.39, 0.29) is 0 Å². The number of hydrogen-bond donors (Lipinski definition) is 0. The van der Waals surface area contributed by atoms with Crippen molar-refractivity contribution in [3.8, 4) is 11.4 Å². The minimum absolute atomic E-state index is 0.869. The van der Waals surface area contributed by atoms with Crippen molar-refractivity contribution in [1.29, 1.82) is 0 Å². The van der Waals surface area contributed by atoms with E-state index in [2.05, 4.69) is 118 Å². The van der Waals surface area contributed by atoms with E-state index in [4.69, 9.17) is 0 Å². The Kier molecular flexibility index (Phi) is 5.20. The fraction of sp³-hybridized carbons (Fsp3) is 0.167. The molecule has 0 unspecified atom stereocenters. The maximum atomic E-state index is 2.21. The SMILES string of the molecule is C[n+]1cc(C[n+]2ccccc2)ccc1-c1ccc(C[n+]2ccccc2)c[n+]1C. The van der Waals surface area contributed by atoms with Crippen LogP contribution in [0.4, 0.5) is 0 Å². The highest BCUT2D eigenvalue weighted by molar-refractivity contribution is 5.46. The third kappa shape index (κ3) is 4.12. The van der Waals surface area contributed by atoms with E-state index in [1.807, 2.05) is 12.1 Å². The van der Waals surface area contributed by atoms with Gasteiger partial charge in [-0.25, -0.2) is 9.13 Å².